The Labute approximate surface area is 141 Å². The standard InChI is InChI=1S/C14H20FN3O3S.ClH/c1-10(19)17-14-8-12(2-3-13(14)15)22(20,21)18-6-4-11(9-16)5-7-18;/h2-3,8,11H,4-7,9,16H2,1H3,(H,17,19);1H. The normalized spacial score (nSPS) is 16.7. The summed E-state index contributed by atoms with van der Waals surface area (Å²) in [5.74, 6) is -0.789. The smallest absolute Gasteiger partial charge is 0.243 e. The van der Waals surface area contributed by atoms with E-state index in [1.165, 1.54) is 17.3 Å². The van der Waals surface area contributed by atoms with Crippen molar-refractivity contribution < 1.29 is 17.6 Å². The van der Waals surface area contributed by atoms with E-state index in [1.807, 2.05) is 0 Å². The molecule has 0 spiro atoms. The van der Waals surface area contributed by atoms with Gasteiger partial charge in [0.2, 0.25) is 15.9 Å². The van der Waals surface area contributed by atoms with Gasteiger partial charge in [-0.15, -0.1) is 12.4 Å². The number of carbonyl (C=O) groups is 1. The molecule has 3 N–H and O–H groups in total. The largest absolute Gasteiger partial charge is 0.330 e. The van der Waals surface area contributed by atoms with Crippen LogP contribution in [0.4, 0.5) is 10.1 Å². The molecule has 0 unspecified atom stereocenters. The second-order valence-electron chi connectivity index (χ2n) is 5.41. The molecule has 0 saturated carbocycles. The van der Waals surface area contributed by atoms with E-state index in [2.05, 4.69) is 5.32 Å². The fourth-order valence-corrected chi connectivity index (χ4v) is 3.98. The summed E-state index contributed by atoms with van der Waals surface area (Å²) in [6, 6.07) is 3.41. The lowest BCUT2D eigenvalue weighted by Crippen LogP contribution is -2.40. The van der Waals surface area contributed by atoms with Gasteiger partial charge in [0.15, 0.2) is 0 Å². The number of amides is 1. The molecular weight excluding hydrogens is 345 g/mol. The van der Waals surface area contributed by atoms with Gasteiger partial charge in [0.25, 0.3) is 0 Å². The molecule has 1 fully saturated rings. The third-order valence-corrected chi connectivity index (χ3v) is 5.69. The van der Waals surface area contributed by atoms with E-state index in [0.29, 0.717) is 25.6 Å². The summed E-state index contributed by atoms with van der Waals surface area (Å²) in [6.45, 7) is 2.59. The summed E-state index contributed by atoms with van der Waals surface area (Å²) in [5.41, 5.74) is 5.47. The molecule has 2 rings (SSSR count). The van der Waals surface area contributed by atoms with E-state index in [9.17, 15) is 17.6 Å². The Bertz CT molecular complexity index is 661. The molecule has 0 radical (unpaired) electrons. The van der Waals surface area contributed by atoms with Crippen LogP contribution >= 0.6 is 12.4 Å². The third kappa shape index (κ3) is 4.63. The molecule has 23 heavy (non-hydrogen) atoms. The van der Waals surface area contributed by atoms with Crippen molar-refractivity contribution in [1.82, 2.24) is 4.31 Å². The van der Waals surface area contributed by atoms with Crippen molar-refractivity contribution in [1.29, 1.82) is 0 Å². The number of halogens is 2. The van der Waals surface area contributed by atoms with E-state index in [0.717, 1.165) is 25.0 Å². The Morgan fingerprint density at radius 2 is 2.00 bits per heavy atom. The molecule has 0 aliphatic carbocycles. The number of rotatable bonds is 4. The molecule has 6 nitrogen and oxygen atoms in total. The van der Waals surface area contributed by atoms with Crippen LogP contribution in [0.2, 0.25) is 0 Å². The molecule has 1 aromatic rings. The summed E-state index contributed by atoms with van der Waals surface area (Å²) < 4.78 is 40.2. The van der Waals surface area contributed by atoms with Crippen molar-refractivity contribution in [2.24, 2.45) is 11.7 Å². The highest BCUT2D eigenvalue weighted by Crippen LogP contribution is 2.26. The Kier molecular flexibility index (Phi) is 6.94. The summed E-state index contributed by atoms with van der Waals surface area (Å²) in [5, 5.41) is 2.29. The fourth-order valence-electron chi connectivity index (χ4n) is 2.48. The highest BCUT2D eigenvalue weighted by Gasteiger charge is 2.29. The molecule has 1 aliphatic rings. The number of piperidine rings is 1. The van der Waals surface area contributed by atoms with Crippen LogP contribution in [0, 0.1) is 11.7 Å². The summed E-state index contributed by atoms with van der Waals surface area (Å²) in [4.78, 5) is 11.0. The highest BCUT2D eigenvalue weighted by atomic mass is 35.5. The Hall–Kier alpha value is -1.22. The molecule has 1 heterocycles. The molecule has 1 aromatic carbocycles. The lowest BCUT2D eigenvalue weighted by atomic mass is 9.99. The molecule has 1 amide bonds. The van der Waals surface area contributed by atoms with E-state index >= 15 is 0 Å². The van der Waals surface area contributed by atoms with Crippen molar-refractivity contribution in [3.05, 3.63) is 24.0 Å². The van der Waals surface area contributed by atoms with Crippen LogP contribution in [-0.4, -0.2) is 38.3 Å². The molecule has 1 aliphatic heterocycles. The van der Waals surface area contributed by atoms with Crippen LogP contribution in [0.1, 0.15) is 19.8 Å². The van der Waals surface area contributed by atoms with E-state index < -0.39 is 21.7 Å². The van der Waals surface area contributed by atoms with Crippen LogP contribution in [0.15, 0.2) is 23.1 Å². The molecule has 1 saturated heterocycles. The molecule has 9 heteroatoms. The third-order valence-electron chi connectivity index (χ3n) is 3.79. The van der Waals surface area contributed by atoms with Crippen molar-refractivity contribution in [3.63, 3.8) is 0 Å². The predicted molar refractivity (Wildman–Crippen MR) is 88.5 cm³/mol. The maximum absolute atomic E-state index is 13.6. The summed E-state index contributed by atoms with van der Waals surface area (Å²) in [7, 11) is -3.69. The minimum Gasteiger partial charge on any atom is -0.330 e. The van der Waals surface area contributed by atoms with Gasteiger partial charge in [-0.3, -0.25) is 4.79 Å². The number of hydrogen-bond donors (Lipinski definition) is 2. The monoisotopic (exact) mass is 365 g/mol. The first-order valence-electron chi connectivity index (χ1n) is 7.12. The maximum Gasteiger partial charge on any atom is 0.243 e. The number of carbonyl (C=O) groups excluding carboxylic acids is 1. The second kappa shape index (κ2) is 8.05. The fraction of sp³-hybridized carbons (Fsp3) is 0.500. The minimum atomic E-state index is -3.69. The first-order valence-corrected chi connectivity index (χ1v) is 8.56. The number of nitrogens with two attached hydrogens (primary N) is 1. The highest BCUT2D eigenvalue weighted by molar-refractivity contribution is 7.89. The number of anilines is 1. The van der Waals surface area contributed by atoms with Crippen molar-refractivity contribution in [2.45, 2.75) is 24.7 Å². The van der Waals surface area contributed by atoms with Gasteiger partial charge in [0, 0.05) is 20.0 Å². The summed E-state index contributed by atoms with van der Waals surface area (Å²) in [6.07, 6.45) is 1.44. The zero-order valence-corrected chi connectivity index (χ0v) is 14.4. The Balaban J connectivity index is 0.00000264. The maximum atomic E-state index is 13.6. The minimum absolute atomic E-state index is 0. The first-order chi connectivity index (χ1) is 10.3. The van der Waals surface area contributed by atoms with Crippen molar-refractivity contribution in [2.75, 3.05) is 25.0 Å². The average molecular weight is 366 g/mol. The van der Waals surface area contributed by atoms with Crippen LogP contribution in [0.3, 0.4) is 0 Å². The molecular formula is C14H21ClFN3O3S. The Morgan fingerprint density at radius 3 is 2.52 bits per heavy atom. The quantitative estimate of drug-likeness (QED) is 0.847. The van der Waals surface area contributed by atoms with Gasteiger partial charge in [-0.05, 0) is 43.5 Å². The van der Waals surface area contributed by atoms with Crippen molar-refractivity contribution >= 4 is 34.0 Å². The number of hydrogen-bond acceptors (Lipinski definition) is 4. The lowest BCUT2D eigenvalue weighted by Gasteiger charge is -2.30. The van der Waals surface area contributed by atoms with Crippen LogP contribution in [0.5, 0.6) is 0 Å². The average Bonchev–Trinajstić information content (AvgIpc) is 2.49. The van der Waals surface area contributed by atoms with Gasteiger partial charge < -0.3 is 11.1 Å². The van der Waals surface area contributed by atoms with Gasteiger partial charge in [-0.1, -0.05) is 0 Å². The second-order valence-corrected chi connectivity index (χ2v) is 7.34. The molecule has 0 bridgehead atoms. The van der Waals surface area contributed by atoms with Gasteiger partial charge in [-0.2, -0.15) is 4.31 Å². The number of benzene rings is 1. The van der Waals surface area contributed by atoms with Crippen molar-refractivity contribution in [3.8, 4) is 0 Å². The van der Waals surface area contributed by atoms with E-state index in [1.54, 1.807) is 0 Å². The number of nitrogens with one attached hydrogen (secondary N) is 1. The van der Waals surface area contributed by atoms with Crippen LogP contribution in [0.25, 0.3) is 0 Å². The van der Waals surface area contributed by atoms with Gasteiger partial charge in [0.05, 0.1) is 10.6 Å². The SMILES string of the molecule is CC(=O)Nc1cc(S(=O)(=O)N2CCC(CN)CC2)ccc1F.Cl. The predicted octanol–water partition coefficient (Wildman–Crippen LogP) is 1.57. The van der Waals surface area contributed by atoms with Gasteiger partial charge in [-0.25, -0.2) is 12.8 Å². The Morgan fingerprint density at radius 1 is 1.39 bits per heavy atom. The number of nitrogens with zero attached hydrogens (tertiary/aromatic N) is 1. The van der Waals surface area contributed by atoms with Gasteiger partial charge in [0.1, 0.15) is 5.82 Å². The lowest BCUT2D eigenvalue weighted by molar-refractivity contribution is -0.114. The first kappa shape index (κ1) is 19.8. The van der Waals surface area contributed by atoms with Crippen LogP contribution in [-0.2, 0) is 14.8 Å². The molecule has 130 valence electrons. The summed E-state index contributed by atoms with van der Waals surface area (Å²) >= 11 is 0. The van der Waals surface area contributed by atoms with Gasteiger partial charge >= 0.3 is 0 Å². The molecule has 0 aromatic heterocycles. The zero-order valence-electron chi connectivity index (χ0n) is 12.8. The van der Waals surface area contributed by atoms with Crippen LogP contribution < -0.4 is 11.1 Å². The molecule has 0 atom stereocenters. The van der Waals surface area contributed by atoms with E-state index in [-0.39, 0.29) is 23.0 Å². The number of sulfonamides is 1. The zero-order chi connectivity index (χ0) is 16.3. The van der Waals surface area contributed by atoms with E-state index in [4.69, 9.17) is 5.73 Å². The topological polar surface area (TPSA) is 92.5 Å².